The van der Waals surface area contributed by atoms with Gasteiger partial charge >= 0.3 is 0 Å². The summed E-state index contributed by atoms with van der Waals surface area (Å²) in [6.45, 7) is 1.72. The monoisotopic (exact) mass is 257 g/mol. The third-order valence-electron chi connectivity index (χ3n) is 1.82. The molecule has 0 bridgehead atoms. The zero-order chi connectivity index (χ0) is 10.6. The van der Waals surface area contributed by atoms with Crippen molar-refractivity contribution in [2.24, 2.45) is 5.16 Å². The van der Waals surface area contributed by atoms with E-state index in [1.54, 1.807) is 6.92 Å². The third-order valence-corrected chi connectivity index (χ3v) is 2.35. The van der Waals surface area contributed by atoms with Crippen LogP contribution in [0.1, 0.15) is 18.6 Å². The van der Waals surface area contributed by atoms with E-state index in [9.17, 15) is 5.11 Å². The highest BCUT2D eigenvalue weighted by atomic mass is 79.9. The molecule has 0 aliphatic rings. The van der Waals surface area contributed by atoms with Crippen LogP contribution in [0.5, 0.6) is 0 Å². The first-order valence-corrected chi connectivity index (χ1v) is 4.95. The van der Waals surface area contributed by atoms with E-state index in [4.69, 9.17) is 0 Å². The van der Waals surface area contributed by atoms with Gasteiger partial charge in [-0.2, -0.15) is 0 Å². The van der Waals surface area contributed by atoms with Crippen molar-refractivity contribution in [2.45, 2.75) is 13.0 Å². The Hall–Kier alpha value is -0.870. The van der Waals surface area contributed by atoms with Crippen molar-refractivity contribution in [1.82, 2.24) is 0 Å². The van der Waals surface area contributed by atoms with E-state index < -0.39 is 6.10 Å². The number of rotatable bonds is 3. The van der Waals surface area contributed by atoms with Gasteiger partial charge in [0.2, 0.25) is 0 Å². The zero-order valence-corrected chi connectivity index (χ0v) is 9.65. The van der Waals surface area contributed by atoms with E-state index in [1.165, 1.54) is 7.11 Å². The summed E-state index contributed by atoms with van der Waals surface area (Å²) in [5, 5.41) is 13.5. The van der Waals surface area contributed by atoms with Gasteiger partial charge in [-0.25, -0.2) is 0 Å². The topological polar surface area (TPSA) is 41.8 Å². The molecule has 0 aliphatic heterocycles. The Kier molecular flexibility index (Phi) is 4.10. The lowest BCUT2D eigenvalue weighted by molar-refractivity contribution is 0.195. The summed E-state index contributed by atoms with van der Waals surface area (Å²) in [5.41, 5.74) is 1.33. The number of hydrogen-bond acceptors (Lipinski definition) is 3. The summed E-state index contributed by atoms with van der Waals surface area (Å²) in [6.07, 6.45) is -0.706. The standard InChI is InChI=1S/C10H12BrNO2/c1-7(12-14-2)10(13)8-3-5-9(11)6-4-8/h3-6,10,13H,1-2H3/b12-7+. The molecule has 1 atom stereocenters. The molecule has 0 saturated heterocycles. The fraction of sp³-hybridized carbons (Fsp3) is 0.300. The molecule has 0 fully saturated rings. The molecular formula is C10H12BrNO2. The Morgan fingerprint density at radius 1 is 1.43 bits per heavy atom. The van der Waals surface area contributed by atoms with Crippen LogP contribution in [0, 0.1) is 0 Å². The van der Waals surface area contributed by atoms with Crippen LogP contribution >= 0.6 is 15.9 Å². The summed E-state index contributed by atoms with van der Waals surface area (Å²) in [5.74, 6) is 0. The maximum absolute atomic E-state index is 9.78. The van der Waals surface area contributed by atoms with E-state index in [0.29, 0.717) is 5.71 Å². The molecule has 76 valence electrons. The largest absolute Gasteiger partial charge is 0.399 e. The number of halogens is 1. The summed E-state index contributed by atoms with van der Waals surface area (Å²) in [4.78, 5) is 4.59. The van der Waals surface area contributed by atoms with Crippen LogP contribution in [-0.2, 0) is 4.84 Å². The molecule has 0 heterocycles. The van der Waals surface area contributed by atoms with E-state index >= 15 is 0 Å². The lowest BCUT2D eigenvalue weighted by Crippen LogP contribution is -2.08. The van der Waals surface area contributed by atoms with Crippen molar-refractivity contribution in [3.8, 4) is 0 Å². The van der Waals surface area contributed by atoms with Crippen molar-refractivity contribution in [3.63, 3.8) is 0 Å². The smallest absolute Gasteiger partial charge is 0.120 e. The number of aliphatic hydroxyl groups excluding tert-OH is 1. The highest BCUT2D eigenvalue weighted by molar-refractivity contribution is 9.10. The van der Waals surface area contributed by atoms with Gasteiger partial charge in [-0.15, -0.1) is 0 Å². The molecule has 0 saturated carbocycles. The van der Waals surface area contributed by atoms with E-state index in [1.807, 2.05) is 24.3 Å². The Morgan fingerprint density at radius 3 is 2.50 bits per heavy atom. The molecule has 14 heavy (non-hydrogen) atoms. The predicted molar refractivity (Wildman–Crippen MR) is 59.2 cm³/mol. The molecule has 0 spiro atoms. The van der Waals surface area contributed by atoms with Gasteiger partial charge < -0.3 is 9.94 Å². The fourth-order valence-electron chi connectivity index (χ4n) is 1.08. The highest BCUT2D eigenvalue weighted by Crippen LogP contribution is 2.17. The average molecular weight is 258 g/mol. The Morgan fingerprint density at radius 2 is 2.00 bits per heavy atom. The first kappa shape index (κ1) is 11.2. The lowest BCUT2D eigenvalue weighted by atomic mass is 10.1. The van der Waals surface area contributed by atoms with Gasteiger partial charge in [0.15, 0.2) is 0 Å². The van der Waals surface area contributed by atoms with Crippen molar-refractivity contribution in [2.75, 3.05) is 7.11 Å². The summed E-state index contributed by atoms with van der Waals surface area (Å²) in [7, 11) is 1.46. The van der Waals surface area contributed by atoms with Gasteiger partial charge in [0, 0.05) is 4.47 Å². The maximum Gasteiger partial charge on any atom is 0.120 e. The molecule has 1 unspecified atom stereocenters. The molecule has 1 aromatic carbocycles. The first-order valence-electron chi connectivity index (χ1n) is 4.16. The van der Waals surface area contributed by atoms with Crippen LogP contribution in [0.15, 0.2) is 33.9 Å². The van der Waals surface area contributed by atoms with E-state index in [-0.39, 0.29) is 0 Å². The number of nitrogens with zero attached hydrogens (tertiary/aromatic N) is 1. The second-order valence-corrected chi connectivity index (χ2v) is 3.79. The summed E-state index contributed by atoms with van der Waals surface area (Å²) >= 11 is 3.33. The summed E-state index contributed by atoms with van der Waals surface area (Å²) in [6, 6.07) is 7.42. The maximum atomic E-state index is 9.78. The lowest BCUT2D eigenvalue weighted by Gasteiger charge is -2.09. The minimum Gasteiger partial charge on any atom is -0.399 e. The van der Waals surface area contributed by atoms with E-state index in [2.05, 4.69) is 25.9 Å². The van der Waals surface area contributed by atoms with Crippen molar-refractivity contribution < 1.29 is 9.94 Å². The third kappa shape index (κ3) is 2.82. The van der Waals surface area contributed by atoms with Gasteiger partial charge in [0.1, 0.15) is 13.2 Å². The van der Waals surface area contributed by atoms with Crippen LogP contribution in [0.3, 0.4) is 0 Å². The van der Waals surface area contributed by atoms with Gasteiger partial charge in [-0.05, 0) is 24.6 Å². The van der Waals surface area contributed by atoms with Crippen molar-refractivity contribution in [1.29, 1.82) is 0 Å². The summed E-state index contributed by atoms with van der Waals surface area (Å²) < 4.78 is 0.981. The predicted octanol–water partition coefficient (Wildman–Crippen LogP) is 2.50. The molecule has 0 aromatic heterocycles. The van der Waals surface area contributed by atoms with Crippen molar-refractivity contribution in [3.05, 3.63) is 34.3 Å². The van der Waals surface area contributed by atoms with Crippen LogP contribution in [0.25, 0.3) is 0 Å². The average Bonchev–Trinajstić information content (AvgIpc) is 2.18. The molecule has 1 N–H and O–H groups in total. The van der Waals surface area contributed by atoms with Crippen molar-refractivity contribution >= 4 is 21.6 Å². The highest BCUT2D eigenvalue weighted by Gasteiger charge is 2.10. The molecule has 4 heteroatoms. The van der Waals surface area contributed by atoms with Gasteiger partial charge in [-0.1, -0.05) is 33.2 Å². The van der Waals surface area contributed by atoms with Gasteiger partial charge in [0.05, 0.1) is 5.71 Å². The van der Waals surface area contributed by atoms with Crippen LogP contribution in [0.4, 0.5) is 0 Å². The fourth-order valence-corrected chi connectivity index (χ4v) is 1.34. The first-order chi connectivity index (χ1) is 6.65. The normalized spacial score (nSPS) is 13.9. The molecule has 3 nitrogen and oxygen atoms in total. The quantitative estimate of drug-likeness (QED) is 0.668. The molecule has 1 aromatic rings. The minimum absolute atomic E-state index is 0.537. The number of hydrogen-bond donors (Lipinski definition) is 1. The van der Waals surface area contributed by atoms with Crippen LogP contribution < -0.4 is 0 Å². The Bertz CT molecular complexity index is 321. The number of oxime groups is 1. The second kappa shape index (κ2) is 5.12. The number of benzene rings is 1. The number of aliphatic hydroxyl groups is 1. The van der Waals surface area contributed by atoms with Gasteiger partial charge in [-0.3, -0.25) is 0 Å². The molecule has 0 amide bonds. The molecule has 1 rings (SSSR count). The van der Waals surface area contributed by atoms with Gasteiger partial charge in [0.25, 0.3) is 0 Å². The molecule has 0 aliphatic carbocycles. The minimum atomic E-state index is -0.706. The second-order valence-electron chi connectivity index (χ2n) is 2.87. The molecular weight excluding hydrogens is 246 g/mol. The van der Waals surface area contributed by atoms with Crippen LogP contribution in [0.2, 0.25) is 0 Å². The van der Waals surface area contributed by atoms with Crippen LogP contribution in [-0.4, -0.2) is 17.9 Å². The molecule has 0 radical (unpaired) electrons. The Balaban J connectivity index is 2.84. The zero-order valence-electron chi connectivity index (χ0n) is 8.07. The SMILES string of the molecule is CO/N=C(\C)C(O)c1ccc(Br)cc1. The van der Waals surface area contributed by atoms with E-state index in [0.717, 1.165) is 10.0 Å². The Labute approximate surface area is 91.5 Å².